The van der Waals surface area contributed by atoms with E-state index in [1.807, 2.05) is 20.8 Å². The number of hydrogen-bond donors (Lipinski definition) is 0. The predicted molar refractivity (Wildman–Crippen MR) is 91.8 cm³/mol. The first-order valence-corrected chi connectivity index (χ1v) is 7.94. The summed E-state index contributed by atoms with van der Waals surface area (Å²) in [5, 5.41) is 0. The van der Waals surface area contributed by atoms with E-state index in [9.17, 15) is 9.59 Å². The van der Waals surface area contributed by atoms with Crippen molar-refractivity contribution in [3.8, 4) is 0 Å². The van der Waals surface area contributed by atoms with Gasteiger partial charge in [-0.05, 0) is 45.9 Å². The molecule has 0 saturated carbocycles. The summed E-state index contributed by atoms with van der Waals surface area (Å²) in [6.45, 7) is 7.33. The van der Waals surface area contributed by atoms with Crippen LogP contribution in [0.25, 0.3) is 0 Å². The van der Waals surface area contributed by atoms with Crippen LogP contribution in [0.2, 0.25) is 0 Å². The second kappa shape index (κ2) is 7.83. The van der Waals surface area contributed by atoms with Gasteiger partial charge in [-0.1, -0.05) is 0 Å². The summed E-state index contributed by atoms with van der Waals surface area (Å²) in [5.74, 6) is 0.453. The number of Topliss-reactive ketones (excluding diaryl/α,β-unsaturated/α-hetero) is 1. The van der Waals surface area contributed by atoms with E-state index < -0.39 is 11.7 Å². The zero-order valence-corrected chi connectivity index (χ0v) is 14.9. The minimum atomic E-state index is -0.612. The molecule has 0 unspecified atom stereocenters. The molecule has 0 radical (unpaired) electrons. The van der Waals surface area contributed by atoms with Crippen LogP contribution in [-0.2, 0) is 17.8 Å². The molecule has 0 saturated heterocycles. The van der Waals surface area contributed by atoms with E-state index in [0.717, 1.165) is 0 Å². The molecule has 7 nitrogen and oxygen atoms in total. The molecule has 0 bridgehead atoms. The molecular formula is C18H22N4O3. The topological polar surface area (TPSA) is 85.3 Å². The van der Waals surface area contributed by atoms with Gasteiger partial charge < -0.3 is 4.74 Å². The first-order valence-electron chi connectivity index (χ1n) is 7.94. The standard InChI is InChI=1S/C18H22N4O3/c1-13(23)14-6-7-15(21-10-14)11-22(17(24)25-18(2,3)4)12-16-19-8-5-9-20-16/h5-10H,11-12H2,1-4H3. The number of ketones is 1. The van der Waals surface area contributed by atoms with E-state index in [1.54, 1.807) is 30.6 Å². The molecule has 2 heterocycles. The lowest BCUT2D eigenvalue weighted by atomic mass is 10.2. The Morgan fingerprint density at radius 2 is 1.76 bits per heavy atom. The van der Waals surface area contributed by atoms with E-state index in [0.29, 0.717) is 17.1 Å². The summed E-state index contributed by atoms with van der Waals surface area (Å²) in [6, 6.07) is 5.13. The van der Waals surface area contributed by atoms with Gasteiger partial charge in [-0.15, -0.1) is 0 Å². The van der Waals surface area contributed by atoms with E-state index in [4.69, 9.17) is 4.74 Å². The Kier molecular flexibility index (Phi) is 5.80. The number of ether oxygens (including phenoxy) is 1. The normalized spacial score (nSPS) is 11.0. The molecule has 0 aromatic carbocycles. The molecule has 0 aliphatic carbocycles. The highest BCUT2D eigenvalue weighted by molar-refractivity contribution is 5.93. The molecule has 7 heteroatoms. The van der Waals surface area contributed by atoms with Crippen LogP contribution in [0, 0.1) is 0 Å². The number of nitrogens with zero attached hydrogens (tertiary/aromatic N) is 4. The molecule has 0 atom stereocenters. The Bertz CT molecular complexity index is 724. The van der Waals surface area contributed by atoms with Crippen LogP contribution in [0.4, 0.5) is 4.79 Å². The SMILES string of the molecule is CC(=O)c1ccc(CN(Cc2ncccn2)C(=O)OC(C)(C)C)nc1. The van der Waals surface area contributed by atoms with Gasteiger partial charge in [0.05, 0.1) is 18.8 Å². The third-order valence-electron chi connectivity index (χ3n) is 3.19. The van der Waals surface area contributed by atoms with Crippen molar-refractivity contribution in [1.29, 1.82) is 0 Å². The van der Waals surface area contributed by atoms with E-state index in [1.165, 1.54) is 18.0 Å². The minimum absolute atomic E-state index is 0.0549. The van der Waals surface area contributed by atoms with E-state index in [-0.39, 0.29) is 18.9 Å². The van der Waals surface area contributed by atoms with Gasteiger partial charge in [0, 0.05) is 24.2 Å². The molecule has 1 amide bonds. The third kappa shape index (κ3) is 5.95. The molecule has 132 valence electrons. The lowest BCUT2D eigenvalue weighted by Crippen LogP contribution is -2.36. The molecule has 2 rings (SSSR count). The van der Waals surface area contributed by atoms with Crippen LogP contribution >= 0.6 is 0 Å². The largest absolute Gasteiger partial charge is 0.444 e. The van der Waals surface area contributed by atoms with Gasteiger partial charge >= 0.3 is 6.09 Å². The van der Waals surface area contributed by atoms with Crippen molar-refractivity contribution in [2.24, 2.45) is 0 Å². The second-order valence-corrected chi connectivity index (χ2v) is 6.60. The monoisotopic (exact) mass is 342 g/mol. The summed E-state index contributed by atoms with van der Waals surface area (Å²) in [6.07, 6.45) is 4.27. The Balaban J connectivity index is 2.18. The lowest BCUT2D eigenvalue weighted by Gasteiger charge is -2.26. The van der Waals surface area contributed by atoms with Crippen molar-refractivity contribution in [3.63, 3.8) is 0 Å². The van der Waals surface area contributed by atoms with Crippen molar-refractivity contribution in [3.05, 3.63) is 53.9 Å². The lowest BCUT2D eigenvalue weighted by molar-refractivity contribution is 0.0208. The molecule has 2 aromatic heterocycles. The Hall–Kier alpha value is -2.83. The van der Waals surface area contributed by atoms with Gasteiger partial charge in [-0.3, -0.25) is 14.7 Å². The minimum Gasteiger partial charge on any atom is -0.444 e. The maximum absolute atomic E-state index is 12.5. The predicted octanol–water partition coefficient (Wildman–Crippen LogP) is 3.01. The molecule has 2 aromatic rings. The van der Waals surface area contributed by atoms with Crippen LogP contribution in [0.1, 0.15) is 49.6 Å². The van der Waals surface area contributed by atoms with Crippen molar-refractivity contribution in [1.82, 2.24) is 19.9 Å². The zero-order chi connectivity index (χ0) is 18.4. The quantitative estimate of drug-likeness (QED) is 0.777. The number of pyridine rings is 1. The molecule has 25 heavy (non-hydrogen) atoms. The smallest absolute Gasteiger partial charge is 0.411 e. The van der Waals surface area contributed by atoms with E-state index >= 15 is 0 Å². The van der Waals surface area contributed by atoms with Crippen LogP contribution in [0.15, 0.2) is 36.8 Å². The highest BCUT2D eigenvalue weighted by atomic mass is 16.6. The second-order valence-electron chi connectivity index (χ2n) is 6.60. The van der Waals surface area contributed by atoms with Gasteiger partial charge in [-0.25, -0.2) is 14.8 Å². The van der Waals surface area contributed by atoms with Gasteiger partial charge in [0.15, 0.2) is 5.78 Å². The first kappa shape index (κ1) is 18.5. The molecule has 0 aliphatic heterocycles. The van der Waals surface area contributed by atoms with Crippen LogP contribution in [-0.4, -0.2) is 37.3 Å². The van der Waals surface area contributed by atoms with Crippen molar-refractivity contribution >= 4 is 11.9 Å². The Labute approximate surface area is 147 Å². The molecule has 0 spiro atoms. The summed E-state index contributed by atoms with van der Waals surface area (Å²) < 4.78 is 5.46. The van der Waals surface area contributed by atoms with E-state index in [2.05, 4.69) is 15.0 Å². The average molecular weight is 342 g/mol. The third-order valence-corrected chi connectivity index (χ3v) is 3.19. The summed E-state index contributed by atoms with van der Waals surface area (Å²) in [4.78, 5) is 37.9. The highest BCUT2D eigenvalue weighted by Crippen LogP contribution is 2.14. The van der Waals surface area contributed by atoms with Gasteiger partial charge in [-0.2, -0.15) is 0 Å². The van der Waals surface area contributed by atoms with Crippen LogP contribution in [0.5, 0.6) is 0 Å². The summed E-state index contributed by atoms with van der Waals surface area (Å²) >= 11 is 0. The number of hydrogen-bond acceptors (Lipinski definition) is 6. The summed E-state index contributed by atoms with van der Waals surface area (Å²) in [7, 11) is 0. The number of carbonyl (C=O) groups excluding carboxylic acids is 2. The fraction of sp³-hybridized carbons (Fsp3) is 0.389. The maximum Gasteiger partial charge on any atom is 0.411 e. The van der Waals surface area contributed by atoms with Crippen LogP contribution in [0.3, 0.4) is 0 Å². The zero-order valence-electron chi connectivity index (χ0n) is 14.9. The first-order chi connectivity index (χ1) is 11.7. The average Bonchev–Trinajstić information content (AvgIpc) is 2.54. The number of amides is 1. The molecule has 0 N–H and O–H groups in total. The van der Waals surface area contributed by atoms with Gasteiger partial charge in [0.1, 0.15) is 11.4 Å². The molecular weight excluding hydrogens is 320 g/mol. The maximum atomic E-state index is 12.5. The molecule has 0 fully saturated rings. The molecule has 0 aliphatic rings. The van der Waals surface area contributed by atoms with Gasteiger partial charge in [0.2, 0.25) is 0 Å². The summed E-state index contributed by atoms with van der Waals surface area (Å²) in [5.41, 5.74) is 0.560. The fourth-order valence-corrected chi connectivity index (χ4v) is 2.02. The Morgan fingerprint density at radius 3 is 2.28 bits per heavy atom. The van der Waals surface area contributed by atoms with Gasteiger partial charge in [0.25, 0.3) is 0 Å². The highest BCUT2D eigenvalue weighted by Gasteiger charge is 2.23. The number of aromatic nitrogens is 3. The Morgan fingerprint density at radius 1 is 1.08 bits per heavy atom. The number of rotatable bonds is 5. The van der Waals surface area contributed by atoms with Crippen LogP contribution < -0.4 is 0 Å². The fourth-order valence-electron chi connectivity index (χ4n) is 2.02. The van der Waals surface area contributed by atoms with Crippen molar-refractivity contribution in [2.75, 3.05) is 0 Å². The number of carbonyl (C=O) groups is 2. The van der Waals surface area contributed by atoms with Crippen molar-refractivity contribution < 1.29 is 14.3 Å². The van der Waals surface area contributed by atoms with Crippen molar-refractivity contribution in [2.45, 2.75) is 46.4 Å².